The molecule has 0 rings (SSSR count). The van der Waals surface area contributed by atoms with Gasteiger partial charge in [-0.3, -0.25) is 0 Å². The predicted octanol–water partition coefficient (Wildman–Crippen LogP) is 3.98. The Morgan fingerprint density at radius 3 is 1.27 bits per heavy atom. The number of alkyl halides is 1. The number of halogens is 1. The van der Waals surface area contributed by atoms with Gasteiger partial charge in [-0.15, -0.1) is 5.69 Å². The summed E-state index contributed by atoms with van der Waals surface area (Å²) < 4.78 is 0.611. The molecule has 0 bridgehead atoms. The fourth-order valence-electron chi connectivity index (χ4n) is 1.29. The van der Waals surface area contributed by atoms with E-state index in [0.717, 1.165) is 0 Å². The number of hydrogen-bond donors (Lipinski definition) is 0. The van der Waals surface area contributed by atoms with Crippen LogP contribution in [-0.4, -0.2) is 13.8 Å². The van der Waals surface area contributed by atoms with Gasteiger partial charge in [0.05, 0.1) is 0 Å². The highest BCUT2D eigenvalue weighted by molar-refractivity contribution is 14.1. The molecule has 1 unspecified atom stereocenters. The molecule has 1 atom stereocenters. The lowest BCUT2D eigenvalue weighted by Crippen LogP contribution is -2.16. The molecular formula is C9H19IS. The van der Waals surface area contributed by atoms with E-state index in [0.29, 0.717) is 13.8 Å². The second kappa shape index (κ2) is 4.20. The molecule has 0 saturated carbocycles. The third kappa shape index (κ3) is 2.40. The van der Waals surface area contributed by atoms with Crippen LogP contribution in [0.4, 0.5) is 0 Å². The van der Waals surface area contributed by atoms with Gasteiger partial charge in [-0.1, -0.05) is 50.3 Å². The van der Waals surface area contributed by atoms with E-state index < -0.39 is 9.44 Å². The van der Waals surface area contributed by atoms with Crippen LogP contribution in [0.25, 0.3) is 0 Å². The molecular weight excluding hydrogens is 267 g/mol. The van der Waals surface area contributed by atoms with Crippen molar-refractivity contribution in [2.45, 2.75) is 48.4 Å². The van der Waals surface area contributed by atoms with Crippen molar-refractivity contribution in [1.82, 2.24) is 0 Å². The van der Waals surface area contributed by atoms with Gasteiger partial charge in [0.1, 0.15) is 0 Å². The molecule has 0 saturated heterocycles. The van der Waals surface area contributed by atoms with Gasteiger partial charge in [-0.2, -0.15) is 9.44 Å². The number of rotatable bonds is 0. The Labute approximate surface area is 85.8 Å². The monoisotopic (exact) mass is 286 g/mol. The zero-order valence-corrected chi connectivity index (χ0v) is 11.1. The van der Waals surface area contributed by atoms with E-state index in [4.69, 9.17) is 5.69 Å². The molecule has 0 fully saturated rings. The minimum atomic E-state index is -0.902. The topological polar surface area (TPSA) is 0 Å². The zero-order chi connectivity index (χ0) is 9.23. The second-order valence-corrected chi connectivity index (χ2v) is 10.4. The highest BCUT2D eigenvalue weighted by Gasteiger charge is 2.23. The SMILES string of the molecule is C#S(C(C)C)(C(C)C)C(C)I. The van der Waals surface area contributed by atoms with Gasteiger partial charge in [0, 0.05) is 3.26 Å². The van der Waals surface area contributed by atoms with E-state index in [-0.39, 0.29) is 0 Å². The van der Waals surface area contributed by atoms with Crippen LogP contribution in [0.2, 0.25) is 0 Å². The first kappa shape index (κ1) is 11.9. The molecule has 0 aliphatic rings. The van der Waals surface area contributed by atoms with E-state index >= 15 is 0 Å². The summed E-state index contributed by atoms with van der Waals surface area (Å²) in [7, 11) is -0.902. The Balaban J connectivity index is 4.75. The Hall–Kier alpha value is 0.860. The smallest absolute Gasteiger partial charge is 0.0474 e. The van der Waals surface area contributed by atoms with E-state index in [1.54, 1.807) is 0 Å². The van der Waals surface area contributed by atoms with E-state index in [1.807, 2.05) is 0 Å². The minimum absolute atomic E-state index is 0.611. The molecule has 0 nitrogen and oxygen atoms in total. The van der Waals surface area contributed by atoms with Crippen molar-refractivity contribution >= 4 is 32.0 Å². The Kier molecular flexibility index (Phi) is 4.53. The average Bonchev–Trinajstić information content (AvgIpc) is 1.84. The molecule has 0 aromatic carbocycles. The van der Waals surface area contributed by atoms with E-state index in [9.17, 15) is 0 Å². The van der Waals surface area contributed by atoms with Crippen molar-refractivity contribution in [1.29, 1.82) is 0 Å². The fraction of sp³-hybridized carbons (Fsp3) is 0.889. The molecule has 68 valence electrons. The molecule has 0 spiro atoms. The molecule has 0 aromatic heterocycles. The second-order valence-electron chi connectivity index (χ2n) is 3.46. The van der Waals surface area contributed by atoms with Crippen LogP contribution in [-0.2, 0) is 0 Å². The maximum Gasteiger partial charge on any atom is 0.0474 e. The minimum Gasteiger partial charge on any atom is -0.175 e. The Bertz CT molecular complexity index is 171. The summed E-state index contributed by atoms with van der Waals surface area (Å²) in [6.07, 6.45) is 0. The summed E-state index contributed by atoms with van der Waals surface area (Å²) in [4.78, 5) is 0. The average molecular weight is 286 g/mol. The first-order valence-electron chi connectivity index (χ1n) is 4.05. The Morgan fingerprint density at radius 2 is 1.27 bits per heavy atom. The first-order chi connectivity index (χ1) is 4.83. The third-order valence-electron chi connectivity index (χ3n) is 2.20. The summed E-state index contributed by atoms with van der Waals surface area (Å²) >= 11 is 2.46. The van der Waals surface area contributed by atoms with E-state index in [2.05, 4.69) is 57.2 Å². The summed E-state index contributed by atoms with van der Waals surface area (Å²) in [6, 6.07) is 0. The van der Waals surface area contributed by atoms with Gasteiger partial charge in [0.2, 0.25) is 0 Å². The van der Waals surface area contributed by atoms with Crippen LogP contribution in [0.1, 0.15) is 34.6 Å². The van der Waals surface area contributed by atoms with Gasteiger partial charge in [0.15, 0.2) is 0 Å². The molecule has 11 heavy (non-hydrogen) atoms. The predicted molar refractivity (Wildman–Crippen MR) is 66.3 cm³/mol. The normalized spacial score (nSPS) is 15.9. The number of hydrogen-bond acceptors (Lipinski definition) is 0. The summed E-state index contributed by atoms with van der Waals surface area (Å²) in [5, 5.41) is 1.27. The van der Waals surface area contributed by atoms with Gasteiger partial charge in [-0.25, -0.2) is 0 Å². The first-order valence-corrected chi connectivity index (χ1v) is 7.18. The molecule has 0 N–H and O–H groups in total. The van der Waals surface area contributed by atoms with Crippen LogP contribution in [0, 0.1) is 5.69 Å². The van der Waals surface area contributed by atoms with E-state index in [1.165, 1.54) is 0 Å². The van der Waals surface area contributed by atoms with Crippen LogP contribution < -0.4 is 0 Å². The lowest BCUT2D eigenvalue weighted by Gasteiger charge is -2.35. The lowest BCUT2D eigenvalue weighted by molar-refractivity contribution is 1.02. The summed E-state index contributed by atoms with van der Waals surface area (Å²) in [5.74, 6) is 0. The molecule has 0 radical (unpaired) electrons. The van der Waals surface area contributed by atoms with Crippen molar-refractivity contribution in [3.63, 3.8) is 0 Å². The van der Waals surface area contributed by atoms with Crippen LogP contribution in [0.5, 0.6) is 0 Å². The van der Waals surface area contributed by atoms with Gasteiger partial charge in [-0.05, 0) is 17.4 Å². The van der Waals surface area contributed by atoms with Crippen molar-refractivity contribution in [3.8, 4) is 5.69 Å². The largest absolute Gasteiger partial charge is 0.175 e. The van der Waals surface area contributed by atoms with Gasteiger partial charge in [0.25, 0.3) is 0 Å². The van der Waals surface area contributed by atoms with Crippen molar-refractivity contribution in [3.05, 3.63) is 0 Å². The Morgan fingerprint density at radius 1 is 1.00 bits per heavy atom. The molecule has 0 amide bonds. The maximum atomic E-state index is 6.40. The molecule has 0 aliphatic heterocycles. The molecule has 0 heterocycles. The van der Waals surface area contributed by atoms with Gasteiger partial charge >= 0.3 is 0 Å². The summed E-state index contributed by atoms with van der Waals surface area (Å²) in [5.41, 5.74) is 6.40. The zero-order valence-electron chi connectivity index (χ0n) is 8.10. The van der Waals surface area contributed by atoms with Crippen LogP contribution >= 0.6 is 32.0 Å². The maximum absolute atomic E-state index is 6.40. The highest BCUT2D eigenvalue weighted by Crippen LogP contribution is 2.49. The van der Waals surface area contributed by atoms with Crippen molar-refractivity contribution in [2.75, 3.05) is 0 Å². The molecule has 0 aromatic rings. The van der Waals surface area contributed by atoms with Crippen molar-refractivity contribution in [2.24, 2.45) is 0 Å². The standard InChI is InChI=1S/C9H19IS/c1-7(2)11(6,8(3)4)9(5)10/h6-9H,1-5H3. The van der Waals surface area contributed by atoms with Crippen LogP contribution in [0.15, 0.2) is 0 Å². The van der Waals surface area contributed by atoms with Crippen LogP contribution in [0.3, 0.4) is 0 Å². The lowest BCUT2D eigenvalue weighted by atomic mass is 10.5. The van der Waals surface area contributed by atoms with Crippen molar-refractivity contribution < 1.29 is 0 Å². The highest BCUT2D eigenvalue weighted by atomic mass is 127. The van der Waals surface area contributed by atoms with Gasteiger partial charge < -0.3 is 0 Å². The quantitative estimate of drug-likeness (QED) is 0.467. The molecule has 0 aliphatic carbocycles. The molecule has 2 heteroatoms. The third-order valence-corrected chi connectivity index (χ3v) is 9.23. The fourth-order valence-corrected chi connectivity index (χ4v) is 7.41. The summed E-state index contributed by atoms with van der Waals surface area (Å²) in [6.45, 7) is 11.2.